The number of piperazine rings is 1. The highest BCUT2D eigenvalue weighted by atomic mass is 16.6. The predicted molar refractivity (Wildman–Crippen MR) is 119 cm³/mol. The van der Waals surface area contributed by atoms with E-state index in [1.807, 2.05) is 12.1 Å². The zero-order chi connectivity index (χ0) is 22.1. The molecule has 5 rings (SSSR count). The van der Waals surface area contributed by atoms with Crippen molar-refractivity contribution in [3.63, 3.8) is 0 Å². The zero-order valence-corrected chi connectivity index (χ0v) is 18.4. The molecular formula is C24H28N6O2. The van der Waals surface area contributed by atoms with E-state index in [-0.39, 0.29) is 18.2 Å². The Morgan fingerprint density at radius 2 is 1.91 bits per heavy atom. The minimum atomic E-state index is -0.211. The summed E-state index contributed by atoms with van der Waals surface area (Å²) in [4.78, 5) is 27.6. The first-order chi connectivity index (χ1) is 15.5. The van der Waals surface area contributed by atoms with Gasteiger partial charge in [0, 0.05) is 50.7 Å². The summed E-state index contributed by atoms with van der Waals surface area (Å²) in [7, 11) is 0. The molecule has 1 saturated carbocycles. The number of anilines is 1. The van der Waals surface area contributed by atoms with Gasteiger partial charge in [-0.15, -0.1) is 0 Å². The summed E-state index contributed by atoms with van der Waals surface area (Å²) in [5.74, 6) is 0.593. The smallest absolute Gasteiger partial charge is 0.410 e. The molecule has 0 N–H and O–H groups in total. The van der Waals surface area contributed by atoms with Crippen LogP contribution < -0.4 is 4.90 Å². The van der Waals surface area contributed by atoms with Gasteiger partial charge < -0.3 is 14.5 Å². The van der Waals surface area contributed by atoms with Gasteiger partial charge in [-0.2, -0.15) is 5.26 Å². The lowest BCUT2D eigenvalue weighted by molar-refractivity contribution is -0.136. The van der Waals surface area contributed by atoms with Gasteiger partial charge in [-0.3, -0.25) is 4.90 Å². The standard InChI is InChI=1S/C24H28N6O2/c1-18-14-29(7-8-30(18)22-26-12-20(11-25)13-27-22)23(31)32-21-9-24(10-21)16-28(17-24)15-19-5-3-2-4-6-19/h2-6,12-13,18,21H,7-10,14-17H2,1H3/t18-/m1/s1. The van der Waals surface area contributed by atoms with Crippen LogP contribution in [0.1, 0.15) is 30.9 Å². The summed E-state index contributed by atoms with van der Waals surface area (Å²) >= 11 is 0. The molecule has 32 heavy (non-hydrogen) atoms. The van der Waals surface area contributed by atoms with Crippen molar-refractivity contribution >= 4 is 12.0 Å². The third-order valence-corrected chi connectivity index (χ3v) is 6.87. The number of nitriles is 1. The molecule has 8 heteroatoms. The minimum Gasteiger partial charge on any atom is -0.446 e. The average molecular weight is 433 g/mol. The maximum atomic E-state index is 12.7. The number of benzene rings is 1. The Morgan fingerprint density at radius 1 is 1.19 bits per heavy atom. The number of hydrogen-bond donors (Lipinski definition) is 0. The summed E-state index contributed by atoms with van der Waals surface area (Å²) in [6.45, 7) is 7.03. The van der Waals surface area contributed by atoms with Crippen LogP contribution in [0.2, 0.25) is 0 Å². The molecule has 1 aromatic heterocycles. The Balaban J connectivity index is 1.05. The fourth-order valence-electron chi connectivity index (χ4n) is 5.27. The number of amides is 1. The number of aromatic nitrogens is 2. The van der Waals surface area contributed by atoms with Crippen LogP contribution in [0, 0.1) is 16.7 Å². The van der Waals surface area contributed by atoms with Crippen molar-refractivity contribution in [3.8, 4) is 6.07 Å². The second-order valence-corrected chi connectivity index (χ2v) is 9.42. The van der Waals surface area contributed by atoms with Crippen LogP contribution in [-0.2, 0) is 11.3 Å². The quantitative estimate of drug-likeness (QED) is 0.734. The Labute approximate surface area is 188 Å². The van der Waals surface area contributed by atoms with Crippen molar-refractivity contribution in [2.24, 2.45) is 5.41 Å². The van der Waals surface area contributed by atoms with Gasteiger partial charge >= 0.3 is 6.09 Å². The molecule has 3 fully saturated rings. The van der Waals surface area contributed by atoms with Crippen molar-refractivity contribution in [3.05, 3.63) is 53.9 Å². The lowest BCUT2D eigenvalue weighted by atomic mass is 9.61. The fraction of sp³-hybridized carbons (Fsp3) is 0.500. The molecule has 1 amide bonds. The van der Waals surface area contributed by atoms with E-state index < -0.39 is 0 Å². The van der Waals surface area contributed by atoms with Crippen LogP contribution in [0.15, 0.2) is 42.7 Å². The summed E-state index contributed by atoms with van der Waals surface area (Å²) < 4.78 is 5.81. The number of nitrogens with zero attached hydrogens (tertiary/aromatic N) is 6. The number of ether oxygens (including phenoxy) is 1. The molecular weight excluding hydrogens is 404 g/mol. The number of hydrogen-bond acceptors (Lipinski definition) is 7. The fourth-order valence-corrected chi connectivity index (χ4v) is 5.27. The second-order valence-electron chi connectivity index (χ2n) is 9.42. The van der Waals surface area contributed by atoms with E-state index in [2.05, 4.69) is 51.0 Å². The molecule has 1 aromatic carbocycles. The number of carbonyl (C=O) groups excluding carboxylic acids is 1. The van der Waals surface area contributed by atoms with Gasteiger partial charge in [0.2, 0.25) is 5.95 Å². The molecule has 1 atom stereocenters. The van der Waals surface area contributed by atoms with Gasteiger partial charge in [-0.25, -0.2) is 14.8 Å². The molecule has 2 aromatic rings. The summed E-state index contributed by atoms with van der Waals surface area (Å²) in [6, 6.07) is 12.7. The maximum absolute atomic E-state index is 12.7. The first-order valence-electron chi connectivity index (χ1n) is 11.2. The van der Waals surface area contributed by atoms with Crippen LogP contribution in [0.4, 0.5) is 10.7 Å². The number of likely N-dealkylation sites (tertiary alicyclic amines) is 1. The number of carbonyl (C=O) groups is 1. The van der Waals surface area contributed by atoms with Crippen LogP contribution in [0.3, 0.4) is 0 Å². The molecule has 166 valence electrons. The van der Waals surface area contributed by atoms with Crippen molar-refractivity contribution in [1.29, 1.82) is 5.26 Å². The SMILES string of the molecule is C[C@@H]1CN(C(=O)OC2CC3(C2)CN(Cc2ccccc2)C3)CCN1c1ncc(C#N)cn1. The minimum absolute atomic E-state index is 0.0385. The molecule has 1 aliphatic carbocycles. The van der Waals surface area contributed by atoms with Crippen LogP contribution >= 0.6 is 0 Å². The van der Waals surface area contributed by atoms with Gasteiger partial charge in [-0.05, 0) is 25.3 Å². The van der Waals surface area contributed by atoms with Crippen LogP contribution in [0.5, 0.6) is 0 Å². The lowest BCUT2D eigenvalue weighted by Crippen LogP contribution is -2.64. The summed E-state index contributed by atoms with van der Waals surface area (Å²) in [5, 5.41) is 8.90. The molecule has 0 radical (unpaired) electrons. The number of rotatable bonds is 4. The van der Waals surface area contributed by atoms with E-state index in [1.54, 1.807) is 4.90 Å². The van der Waals surface area contributed by atoms with Crippen LogP contribution in [0.25, 0.3) is 0 Å². The van der Waals surface area contributed by atoms with Crippen molar-refractivity contribution < 1.29 is 9.53 Å². The zero-order valence-electron chi connectivity index (χ0n) is 18.4. The van der Waals surface area contributed by atoms with Gasteiger partial charge in [0.15, 0.2) is 0 Å². The van der Waals surface area contributed by atoms with E-state index in [1.165, 1.54) is 18.0 Å². The Kier molecular flexibility index (Phi) is 5.43. The average Bonchev–Trinajstić information content (AvgIpc) is 2.77. The predicted octanol–water partition coefficient (Wildman–Crippen LogP) is 2.66. The first-order valence-corrected chi connectivity index (χ1v) is 11.2. The molecule has 3 aliphatic rings. The van der Waals surface area contributed by atoms with E-state index in [4.69, 9.17) is 10.00 Å². The first kappa shape index (κ1) is 20.7. The van der Waals surface area contributed by atoms with Gasteiger partial charge in [0.05, 0.1) is 18.0 Å². The highest BCUT2D eigenvalue weighted by molar-refractivity contribution is 5.68. The molecule has 0 bridgehead atoms. The Hall–Kier alpha value is -3.18. The van der Waals surface area contributed by atoms with Crippen molar-refractivity contribution in [2.75, 3.05) is 37.6 Å². The molecule has 3 heterocycles. The van der Waals surface area contributed by atoms with E-state index in [0.29, 0.717) is 36.6 Å². The molecule has 1 spiro atoms. The molecule has 0 unspecified atom stereocenters. The Morgan fingerprint density at radius 3 is 2.56 bits per heavy atom. The second kappa shape index (κ2) is 8.40. The van der Waals surface area contributed by atoms with Crippen LogP contribution in [-0.4, -0.2) is 70.7 Å². The topological polar surface area (TPSA) is 85.6 Å². The third-order valence-electron chi connectivity index (χ3n) is 6.87. The Bertz CT molecular complexity index is 991. The normalized spacial score (nSPS) is 22.7. The monoisotopic (exact) mass is 432 g/mol. The highest BCUT2D eigenvalue weighted by Gasteiger charge is 2.53. The molecule has 2 aliphatic heterocycles. The van der Waals surface area contributed by atoms with Crippen molar-refractivity contribution in [1.82, 2.24) is 19.8 Å². The highest BCUT2D eigenvalue weighted by Crippen LogP contribution is 2.50. The van der Waals surface area contributed by atoms with E-state index in [9.17, 15) is 4.79 Å². The van der Waals surface area contributed by atoms with Crippen molar-refractivity contribution in [2.45, 2.75) is 38.5 Å². The summed E-state index contributed by atoms with van der Waals surface area (Å²) in [5.41, 5.74) is 2.14. The lowest BCUT2D eigenvalue weighted by Gasteiger charge is -2.58. The maximum Gasteiger partial charge on any atom is 0.410 e. The molecule has 8 nitrogen and oxygen atoms in total. The third kappa shape index (κ3) is 4.13. The van der Waals surface area contributed by atoms with E-state index in [0.717, 1.165) is 32.5 Å². The molecule has 2 saturated heterocycles. The van der Waals surface area contributed by atoms with E-state index >= 15 is 0 Å². The summed E-state index contributed by atoms with van der Waals surface area (Å²) in [6.07, 6.45) is 4.83. The van der Waals surface area contributed by atoms with Gasteiger partial charge in [-0.1, -0.05) is 30.3 Å². The van der Waals surface area contributed by atoms with Gasteiger partial charge in [0.25, 0.3) is 0 Å². The largest absolute Gasteiger partial charge is 0.446 e. The van der Waals surface area contributed by atoms with Gasteiger partial charge in [0.1, 0.15) is 12.2 Å².